The van der Waals surface area contributed by atoms with E-state index in [4.69, 9.17) is 9.29 Å². The molecular weight excluding hydrogens is 402 g/mol. The third-order valence-corrected chi connectivity index (χ3v) is 5.67. The van der Waals surface area contributed by atoms with Crippen molar-refractivity contribution >= 4 is 22.3 Å². The standard InChI is InChI=1S/C17H23NO3.C2H4O5S/c1-18-13-7-8-14(18)10-15(9-13)21-17(20)16(11-19)12-5-3-2-4-6-12;1-2(3)7-8(4,5)6/h2-6,13-16,19H,7-11H2,1H3;1H3,(H,4,5,6)/t13-,14+,15+,16?;. The minimum Gasteiger partial charge on any atom is -0.462 e. The topological polar surface area (TPSA) is 130 Å². The van der Waals surface area contributed by atoms with Gasteiger partial charge in [0.15, 0.2) is 0 Å². The minimum atomic E-state index is -4.57. The number of carbonyl (C=O) groups excluding carboxylic acids is 2. The quantitative estimate of drug-likeness (QED) is 0.525. The van der Waals surface area contributed by atoms with E-state index in [2.05, 4.69) is 16.1 Å². The molecule has 2 bridgehead atoms. The Hall–Kier alpha value is -2.01. The van der Waals surface area contributed by atoms with Crippen LogP contribution in [0.5, 0.6) is 0 Å². The van der Waals surface area contributed by atoms with E-state index >= 15 is 0 Å². The lowest BCUT2D eigenvalue weighted by molar-refractivity contribution is -0.155. The highest BCUT2D eigenvalue weighted by Gasteiger charge is 2.40. The van der Waals surface area contributed by atoms with Crippen LogP contribution >= 0.6 is 0 Å². The number of piperidine rings is 1. The first-order valence-electron chi connectivity index (χ1n) is 9.36. The van der Waals surface area contributed by atoms with Crippen molar-refractivity contribution in [3.63, 3.8) is 0 Å². The number of aliphatic hydroxyl groups is 1. The number of hydrogen-bond donors (Lipinski definition) is 2. The Balaban J connectivity index is 0.000000321. The second-order valence-electron chi connectivity index (χ2n) is 7.23. The van der Waals surface area contributed by atoms with E-state index in [0.717, 1.165) is 25.3 Å². The Morgan fingerprint density at radius 1 is 1.17 bits per heavy atom. The summed E-state index contributed by atoms with van der Waals surface area (Å²) in [6.45, 7) is 0.663. The molecule has 0 aliphatic carbocycles. The van der Waals surface area contributed by atoms with Crippen molar-refractivity contribution in [2.45, 2.75) is 56.7 Å². The van der Waals surface area contributed by atoms with Crippen LogP contribution in [0.1, 0.15) is 44.1 Å². The minimum absolute atomic E-state index is 0.00367. The second-order valence-corrected chi connectivity index (χ2v) is 8.25. The van der Waals surface area contributed by atoms with E-state index in [1.807, 2.05) is 30.3 Å². The van der Waals surface area contributed by atoms with Crippen molar-refractivity contribution in [2.24, 2.45) is 0 Å². The third kappa shape index (κ3) is 7.07. The molecule has 2 N–H and O–H groups in total. The number of rotatable bonds is 5. The van der Waals surface area contributed by atoms with Crippen molar-refractivity contribution in [1.82, 2.24) is 4.90 Å². The highest BCUT2D eigenvalue weighted by molar-refractivity contribution is 7.81. The normalized spacial score (nSPS) is 24.8. The van der Waals surface area contributed by atoms with Gasteiger partial charge in [-0.05, 0) is 38.3 Å². The maximum Gasteiger partial charge on any atom is 0.448 e. The van der Waals surface area contributed by atoms with E-state index < -0.39 is 22.3 Å². The van der Waals surface area contributed by atoms with Crippen LogP contribution < -0.4 is 0 Å². The van der Waals surface area contributed by atoms with Crippen LogP contribution in [-0.4, -0.2) is 66.8 Å². The fourth-order valence-corrected chi connectivity index (χ4v) is 4.15. The predicted molar refractivity (Wildman–Crippen MR) is 103 cm³/mol. The summed E-state index contributed by atoms with van der Waals surface area (Å²) in [5.74, 6) is -1.92. The highest BCUT2D eigenvalue weighted by atomic mass is 32.3. The summed E-state index contributed by atoms with van der Waals surface area (Å²) < 4.78 is 35.9. The SMILES string of the molecule is CC(=O)OS(=O)(=O)O.CN1[C@@H]2CC[C@H]1C[C@@H](OC(=O)C(CO)c1ccccc1)C2. The second kappa shape index (κ2) is 10.1. The molecule has 2 aliphatic heterocycles. The molecule has 1 unspecified atom stereocenters. The average Bonchev–Trinajstić information content (AvgIpc) is 2.83. The number of hydrogen-bond acceptors (Lipinski definition) is 8. The van der Waals surface area contributed by atoms with Gasteiger partial charge in [-0.25, -0.2) is 0 Å². The molecule has 2 aliphatic rings. The largest absolute Gasteiger partial charge is 0.462 e. The number of fused-ring (bicyclic) bond motifs is 2. The van der Waals surface area contributed by atoms with Crippen LogP contribution in [0.25, 0.3) is 0 Å². The number of carbonyl (C=O) groups is 2. The fraction of sp³-hybridized carbons (Fsp3) is 0.579. The summed E-state index contributed by atoms with van der Waals surface area (Å²) in [5, 5.41) is 9.53. The van der Waals surface area contributed by atoms with Crippen LogP contribution in [0.4, 0.5) is 0 Å². The lowest BCUT2D eigenvalue weighted by atomic mass is 9.98. The van der Waals surface area contributed by atoms with Crippen molar-refractivity contribution in [1.29, 1.82) is 0 Å². The molecule has 2 heterocycles. The molecule has 0 saturated carbocycles. The Morgan fingerprint density at radius 3 is 2.14 bits per heavy atom. The Kier molecular flexibility index (Phi) is 8.14. The van der Waals surface area contributed by atoms with E-state index in [1.54, 1.807) is 0 Å². The number of benzene rings is 1. The summed E-state index contributed by atoms with van der Waals surface area (Å²) in [4.78, 5) is 24.5. The lowest BCUT2D eigenvalue weighted by Gasteiger charge is -2.36. The average molecular weight is 429 g/mol. The molecule has 0 radical (unpaired) electrons. The number of esters is 1. The van der Waals surface area contributed by atoms with E-state index in [-0.39, 0.29) is 18.7 Å². The number of aliphatic hydroxyl groups excluding tert-OH is 1. The number of ether oxygens (including phenoxy) is 1. The van der Waals surface area contributed by atoms with Gasteiger partial charge in [0.05, 0.1) is 6.61 Å². The van der Waals surface area contributed by atoms with Gasteiger partial charge >= 0.3 is 22.3 Å². The summed E-state index contributed by atoms with van der Waals surface area (Å²) in [6, 6.07) is 10.5. The van der Waals surface area contributed by atoms with Crippen molar-refractivity contribution in [2.75, 3.05) is 13.7 Å². The molecule has 4 atom stereocenters. The Bertz CT molecular complexity index is 784. The summed E-state index contributed by atoms with van der Waals surface area (Å²) in [5.41, 5.74) is 0.820. The molecule has 2 saturated heterocycles. The molecule has 0 amide bonds. The Labute approximate surface area is 170 Å². The van der Waals surface area contributed by atoms with Gasteiger partial charge in [-0.1, -0.05) is 30.3 Å². The van der Waals surface area contributed by atoms with Crippen molar-refractivity contribution in [3.8, 4) is 0 Å². The first-order valence-corrected chi connectivity index (χ1v) is 10.7. The molecule has 10 heteroatoms. The van der Waals surface area contributed by atoms with Gasteiger partial charge in [0.25, 0.3) is 0 Å². The van der Waals surface area contributed by atoms with Gasteiger partial charge < -0.3 is 18.9 Å². The van der Waals surface area contributed by atoms with Gasteiger partial charge in [0, 0.05) is 19.0 Å². The molecule has 1 aromatic rings. The van der Waals surface area contributed by atoms with E-state index in [9.17, 15) is 23.1 Å². The van der Waals surface area contributed by atoms with Gasteiger partial charge in [0.2, 0.25) is 0 Å². The predicted octanol–water partition coefficient (Wildman–Crippen LogP) is 1.28. The monoisotopic (exact) mass is 429 g/mol. The van der Waals surface area contributed by atoms with Crippen LogP contribution in [0.15, 0.2) is 30.3 Å². The molecular formula is C19H27NO8S. The summed E-state index contributed by atoms with van der Waals surface area (Å²) in [7, 11) is -2.41. The van der Waals surface area contributed by atoms with Crippen molar-refractivity contribution in [3.05, 3.63) is 35.9 Å². The van der Waals surface area contributed by atoms with Gasteiger partial charge in [-0.2, -0.15) is 8.42 Å². The zero-order valence-corrected chi connectivity index (χ0v) is 17.2. The molecule has 2 fully saturated rings. The summed E-state index contributed by atoms with van der Waals surface area (Å²) in [6.07, 6.45) is 4.26. The van der Waals surface area contributed by atoms with Gasteiger partial charge in [-0.3, -0.25) is 14.1 Å². The van der Waals surface area contributed by atoms with Crippen LogP contribution in [-0.2, 0) is 28.9 Å². The summed E-state index contributed by atoms with van der Waals surface area (Å²) >= 11 is 0. The van der Waals surface area contributed by atoms with Gasteiger partial charge in [-0.15, -0.1) is 0 Å². The lowest BCUT2D eigenvalue weighted by Crippen LogP contribution is -2.43. The first kappa shape index (κ1) is 23.3. The molecule has 29 heavy (non-hydrogen) atoms. The van der Waals surface area contributed by atoms with E-state index in [0.29, 0.717) is 12.1 Å². The van der Waals surface area contributed by atoms with E-state index in [1.165, 1.54) is 12.8 Å². The molecule has 0 aromatic heterocycles. The maximum absolute atomic E-state index is 12.4. The fourth-order valence-electron chi connectivity index (χ4n) is 3.85. The molecule has 162 valence electrons. The zero-order valence-electron chi connectivity index (χ0n) is 16.4. The van der Waals surface area contributed by atoms with Crippen LogP contribution in [0.2, 0.25) is 0 Å². The third-order valence-electron chi connectivity index (χ3n) is 5.23. The first-order chi connectivity index (χ1) is 13.6. The van der Waals surface area contributed by atoms with Crippen molar-refractivity contribution < 1.29 is 36.6 Å². The molecule has 1 aromatic carbocycles. The number of nitrogens with zero attached hydrogens (tertiary/aromatic N) is 1. The molecule has 9 nitrogen and oxygen atoms in total. The van der Waals surface area contributed by atoms with Crippen LogP contribution in [0, 0.1) is 0 Å². The maximum atomic E-state index is 12.4. The zero-order chi connectivity index (χ0) is 21.6. The molecule has 3 rings (SSSR count). The molecule has 0 spiro atoms. The Morgan fingerprint density at radius 2 is 1.72 bits per heavy atom. The van der Waals surface area contributed by atoms with Gasteiger partial charge in [0.1, 0.15) is 12.0 Å². The smallest absolute Gasteiger partial charge is 0.448 e. The van der Waals surface area contributed by atoms with Crippen LogP contribution in [0.3, 0.4) is 0 Å². The highest BCUT2D eigenvalue weighted by Crippen LogP contribution is 2.36.